The lowest BCUT2D eigenvalue weighted by molar-refractivity contribution is 0.102. The van der Waals surface area contributed by atoms with Crippen LogP contribution in [0.25, 0.3) is 10.2 Å². The van der Waals surface area contributed by atoms with Crippen LogP contribution in [0.5, 0.6) is 0 Å². The number of benzene rings is 1. The molecule has 1 aliphatic heterocycles. The van der Waals surface area contributed by atoms with E-state index >= 15 is 0 Å². The average molecular weight is 468 g/mol. The first kappa shape index (κ1) is 22.5. The van der Waals surface area contributed by atoms with Gasteiger partial charge in [-0.05, 0) is 24.6 Å². The van der Waals surface area contributed by atoms with Gasteiger partial charge in [0.2, 0.25) is 0 Å². The molecule has 0 radical (unpaired) electrons. The molecule has 3 aromatic rings. The summed E-state index contributed by atoms with van der Waals surface area (Å²) in [4.78, 5) is 28.2. The molecule has 166 valence electrons. The fourth-order valence-electron chi connectivity index (χ4n) is 3.14. The summed E-state index contributed by atoms with van der Waals surface area (Å²) in [6.45, 7) is 4.93. The highest BCUT2D eigenvalue weighted by Crippen LogP contribution is 2.31. The van der Waals surface area contributed by atoms with Gasteiger partial charge in [-0.2, -0.15) is 0 Å². The number of thiazole rings is 1. The van der Waals surface area contributed by atoms with Crippen molar-refractivity contribution in [1.82, 2.24) is 15.0 Å². The molecule has 4 rings (SSSR count). The Morgan fingerprint density at radius 1 is 1.22 bits per heavy atom. The Morgan fingerprint density at radius 2 is 2.06 bits per heavy atom. The number of thioether (sulfide) groups is 1. The minimum Gasteiger partial charge on any atom is -0.378 e. The molecule has 32 heavy (non-hydrogen) atoms. The van der Waals surface area contributed by atoms with E-state index in [-0.39, 0.29) is 5.91 Å². The number of aromatic nitrogens is 3. The molecule has 1 aromatic carbocycles. The van der Waals surface area contributed by atoms with Gasteiger partial charge < -0.3 is 15.0 Å². The molecule has 1 fully saturated rings. The van der Waals surface area contributed by atoms with Crippen LogP contribution in [0.15, 0.2) is 34.9 Å². The highest BCUT2D eigenvalue weighted by Gasteiger charge is 2.16. The van der Waals surface area contributed by atoms with Crippen molar-refractivity contribution in [1.29, 1.82) is 0 Å². The molecule has 0 spiro atoms. The number of rotatable bonds is 7. The van der Waals surface area contributed by atoms with Crippen molar-refractivity contribution in [2.45, 2.75) is 30.5 Å². The van der Waals surface area contributed by atoms with Crippen molar-refractivity contribution >= 4 is 50.7 Å². The van der Waals surface area contributed by atoms with E-state index < -0.39 is 0 Å². The Balaban J connectivity index is 1.38. The van der Waals surface area contributed by atoms with Crippen molar-refractivity contribution in [3.63, 3.8) is 0 Å². The number of fused-ring (bicyclic) bond motifs is 1. The number of carbonyl (C=O) groups is 1. The van der Waals surface area contributed by atoms with Crippen molar-refractivity contribution in [2.75, 3.05) is 42.3 Å². The van der Waals surface area contributed by atoms with E-state index in [1.165, 1.54) is 6.20 Å². The van der Waals surface area contributed by atoms with Crippen LogP contribution in [0, 0.1) is 11.8 Å². The van der Waals surface area contributed by atoms with E-state index in [0.29, 0.717) is 30.4 Å². The second-order valence-corrected chi connectivity index (χ2v) is 9.55. The van der Waals surface area contributed by atoms with Crippen molar-refractivity contribution in [2.24, 2.45) is 0 Å². The summed E-state index contributed by atoms with van der Waals surface area (Å²) in [5.74, 6) is 7.71. The van der Waals surface area contributed by atoms with Gasteiger partial charge >= 0.3 is 0 Å². The molecule has 2 aromatic heterocycles. The lowest BCUT2D eigenvalue weighted by Gasteiger charge is -2.27. The van der Waals surface area contributed by atoms with Crippen LogP contribution in [-0.2, 0) is 4.74 Å². The Labute approximate surface area is 196 Å². The van der Waals surface area contributed by atoms with E-state index in [2.05, 4.69) is 43.9 Å². The molecule has 1 amide bonds. The van der Waals surface area contributed by atoms with Gasteiger partial charge in [-0.15, -0.1) is 23.2 Å². The van der Waals surface area contributed by atoms with Gasteiger partial charge in [-0.25, -0.2) is 9.97 Å². The molecular formula is C23H25N5O2S2. The molecule has 9 heteroatoms. The van der Waals surface area contributed by atoms with Crippen LogP contribution < -0.4 is 10.2 Å². The summed E-state index contributed by atoms with van der Waals surface area (Å²) in [5, 5.41) is 2.93. The second kappa shape index (κ2) is 11.3. The SMILES string of the molecule is CCCC#CCCSc1nc2ccc(NC(=O)c3cncc(N4CCOCC4)n3)cc2s1. The summed E-state index contributed by atoms with van der Waals surface area (Å²) < 4.78 is 7.43. The molecule has 0 aliphatic carbocycles. The van der Waals surface area contributed by atoms with E-state index in [1.807, 2.05) is 18.2 Å². The first-order chi connectivity index (χ1) is 15.7. The zero-order chi connectivity index (χ0) is 22.2. The van der Waals surface area contributed by atoms with Gasteiger partial charge in [-0.3, -0.25) is 9.78 Å². The maximum atomic E-state index is 12.8. The normalized spacial score (nSPS) is 13.6. The minimum atomic E-state index is -0.281. The van der Waals surface area contributed by atoms with Crippen LogP contribution in [0.3, 0.4) is 0 Å². The van der Waals surface area contributed by atoms with Crippen LogP contribution in [0.4, 0.5) is 11.5 Å². The average Bonchev–Trinajstić information content (AvgIpc) is 3.24. The number of hydrogen-bond acceptors (Lipinski definition) is 8. The van der Waals surface area contributed by atoms with Crippen LogP contribution in [0.2, 0.25) is 0 Å². The predicted molar refractivity (Wildman–Crippen MR) is 131 cm³/mol. The lowest BCUT2D eigenvalue weighted by Crippen LogP contribution is -2.37. The van der Waals surface area contributed by atoms with Crippen molar-refractivity contribution in [3.8, 4) is 11.8 Å². The van der Waals surface area contributed by atoms with Gasteiger partial charge in [0.05, 0.1) is 35.8 Å². The summed E-state index contributed by atoms with van der Waals surface area (Å²) in [5.41, 5.74) is 1.94. The lowest BCUT2D eigenvalue weighted by atomic mass is 10.3. The quantitative estimate of drug-likeness (QED) is 0.312. The van der Waals surface area contributed by atoms with E-state index in [4.69, 9.17) is 4.74 Å². The minimum absolute atomic E-state index is 0.281. The Hall–Kier alpha value is -2.67. The van der Waals surface area contributed by atoms with Crippen molar-refractivity contribution in [3.05, 3.63) is 36.3 Å². The summed E-state index contributed by atoms with van der Waals surface area (Å²) in [6, 6.07) is 5.75. The number of hydrogen-bond donors (Lipinski definition) is 1. The number of anilines is 2. The summed E-state index contributed by atoms with van der Waals surface area (Å²) >= 11 is 3.35. The monoisotopic (exact) mass is 467 g/mol. The Bertz CT molecular complexity index is 1130. The topological polar surface area (TPSA) is 80.2 Å². The molecular weight excluding hydrogens is 442 g/mol. The van der Waals surface area contributed by atoms with E-state index in [0.717, 1.165) is 52.7 Å². The van der Waals surface area contributed by atoms with Gasteiger partial charge in [0, 0.05) is 37.4 Å². The van der Waals surface area contributed by atoms with Gasteiger partial charge in [0.1, 0.15) is 11.5 Å². The first-order valence-electron chi connectivity index (χ1n) is 10.7. The van der Waals surface area contributed by atoms with Gasteiger partial charge in [0.15, 0.2) is 4.34 Å². The highest BCUT2D eigenvalue weighted by atomic mass is 32.2. The zero-order valence-corrected chi connectivity index (χ0v) is 19.6. The van der Waals surface area contributed by atoms with Gasteiger partial charge in [-0.1, -0.05) is 18.7 Å². The maximum Gasteiger partial charge on any atom is 0.275 e. The number of unbranched alkanes of at least 4 members (excludes halogenated alkanes) is 1. The van der Waals surface area contributed by atoms with E-state index in [1.54, 1.807) is 29.3 Å². The Morgan fingerprint density at radius 3 is 2.91 bits per heavy atom. The Kier molecular flexibility index (Phi) is 7.93. The van der Waals surface area contributed by atoms with Crippen LogP contribution in [-0.4, -0.2) is 52.9 Å². The fourth-order valence-corrected chi connectivity index (χ4v) is 5.17. The third kappa shape index (κ3) is 5.97. The number of amides is 1. The molecule has 7 nitrogen and oxygen atoms in total. The number of morpholine rings is 1. The second-order valence-electron chi connectivity index (χ2n) is 7.18. The van der Waals surface area contributed by atoms with E-state index in [9.17, 15) is 4.79 Å². The third-order valence-electron chi connectivity index (χ3n) is 4.77. The molecule has 1 N–H and O–H groups in total. The highest BCUT2D eigenvalue weighted by molar-refractivity contribution is 8.01. The molecule has 3 heterocycles. The van der Waals surface area contributed by atoms with Gasteiger partial charge in [0.25, 0.3) is 5.91 Å². The van der Waals surface area contributed by atoms with Crippen LogP contribution >= 0.6 is 23.1 Å². The molecule has 1 saturated heterocycles. The molecule has 0 atom stereocenters. The molecule has 0 bridgehead atoms. The number of ether oxygens (including phenoxy) is 1. The smallest absolute Gasteiger partial charge is 0.275 e. The number of nitrogens with zero attached hydrogens (tertiary/aromatic N) is 4. The first-order valence-corrected chi connectivity index (χ1v) is 12.5. The molecule has 0 unspecified atom stereocenters. The number of carbonyl (C=O) groups excluding carboxylic acids is 1. The predicted octanol–water partition coefficient (Wildman–Crippen LogP) is 4.46. The molecule has 1 aliphatic rings. The summed E-state index contributed by atoms with van der Waals surface area (Å²) in [7, 11) is 0. The number of nitrogens with one attached hydrogen (secondary N) is 1. The maximum absolute atomic E-state index is 12.8. The largest absolute Gasteiger partial charge is 0.378 e. The summed E-state index contributed by atoms with van der Waals surface area (Å²) in [6.07, 6.45) is 6.10. The van der Waals surface area contributed by atoms with Crippen molar-refractivity contribution < 1.29 is 9.53 Å². The molecule has 0 saturated carbocycles. The van der Waals surface area contributed by atoms with Crippen LogP contribution in [0.1, 0.15) is 36.7 Å². The fraction of sp³-hybridized carbons (Fsp3) is 0.391. The third-order valence-corrected chi connectivity index (χ3v) is 6.93. The standard InChI is InChI=1S/C23H25N5O2S2/c1-2-3-4-5-6-13-31-23-27-18-8-7-17(14-20(18)32-23)25-22(29)19-15-24-16-21(26-19)28-9-11-30-12-10-28/h7-8,14-16H,2-3,6,9-13H2,1H3,(H,25,29). The zero-order valence-electron chi connectivity index (χ0n) is 18.0.